The lowest BCUT2D eigenvalue weighted by Gasteiger charge is -2.41. The summed E-state index contributed by atoms with van der Waals surface area (Å²) in [6.45, 7) is 8.84. The van der Waals surface area contributed by atoms with Crippen molar-refractivity contribution in [2.45, 2.75) is 104 Å². The fraction of sp³-hybridized carbons (Fsp3) is 0.800. The van der Waals surface area contributed by atoms with Crippen LogP contribution in [0.25, 0.3) is 5.57 Å². The van der Waals surface area contributed by atoms with Crippen molar-refractivity contribution in [3.8, 4) is 5.88 Å². The van der Waals surface area contributed by atoms with Crippen molar-refractivity contribution < 1.29 is 18.8 Å². The molecule has 2 atom stereocenters. The van der Waals surface area contributed by atoms with Crippen LogP contribution in [0.3, 0.4) is 0 Å². The molecule has 6 nitrogen and oxygen atoms in total. The molecule has 1 aliphatic rings. The average Bonchev–Trinajstić information content (AvgIpc) is 3.24. The highest BCUT2D eigenvalue weighted by Gasteiger charge is 2.36. The number of nitrogens with zero attached hydrogens (tertiary/aromatic N) is 3. The number of ether oxygens (including phenoxy) is 2. The topological polar surface area (TPSA) is 61.3 Å². The molecule has 32 heavy (non-hydrogen) atoms. The number of carbonyl (C=O) groups is 1. The lowest BCUT2D eigenvalue weighted by Crippen LogP contribution is -2.55. The summed E-state index contributed by atoms with van der Waals surface area (Å²) in [5, 5.41) is 0. The molecule has 1 aliphatic heterocycles. The molecule has 0 radical (unpaired) electrons. The van der Waals surface area contributed by atoms with Crippen LogP contribution in [0.4, 0.5) is 0 Å². The van der Waals surface area contributed by atoms with Gasteiger partial charge in [0.25, 0.3) is 5.88 Å². The van der Waals surface area contributed by atoms with Crippen molar-refractivity contribution in [3.05, 3.63) is 11.8 Å². The maximum Gasteiger partial charge on any atom is 0.310 e. The van der Waals surface area contributed by atoms with Crippen molar-refractivity contribution in [1.82, 2.24) is 8.75 Å². The second kappa shape index (κ2) is 14.6. The van der Waals surface area contributed by atoms with Crippen molar-refractivity contribution in [2.24, 2.45) is 0 Å². The van der Waals surface area contributed by atoms with Gasteiger partial charge in [0.2, 0.25) is 6.23 Å². The summed E-state index contributed by atoms with van der Waals surface area (Å²) in [7, 11) is 2.17. The van der Waals surface area contributed by atoms with Gasteiger partial charge >= 0.3 is 5.97 Å². The van der Waals surface area contributed by atoms with Crippen molar-refractivity contribution in [2.75, 3.05) is 26.7 Å². The molecule has 0 saturated carbocycles. The van der Waals surface area contributed by atoms with E-state index in [0.717, 1.165) is 50.0 Å². The van der Waals surface area contributed by atoms with Gasteiger partial charge in [-0.25, -0.2) is 0 Å². The third-order valence-electron chi connectivity index (χ3n) is 6.48. The number of unbranched alkanes of at least 4 members (excludes halogenated alkanes) is 8. The largest absolute Gasteiger partial charge is 0.475 e. The monoisotopic (exact) mass is 466 g/mol. The van der Waals surface area contributed by atoms with E-state index in [1.165, 1.54) is 56.7 Å². The smallest absolute Gasteiger partial charge is 0.310 e. The highest BCUT2D eigenvalue weighted by molar-refractivity contribution is 6.99. The van der Waals surface area contributed by atoms with E-state index in [9.17, 15) is 4.79 Å². The molecule has 0 saturated heterocycles. The van der Waals surface area contributed by atoms with Gasteiger partial charge in [-0.3, -0.25) is 9.28 Å². The predicted molar refractivity (Wildman–Crippen MR) is 132 cm³/mol. The summed E-state index contributed by atoms with van der Waals surface area (Å²) in [6, 6.07) is 0. The Balaban J connectivity index is 1.83. The molecule has 7 heteroatoms. The van der Waals surface area contributed by atoms with E-state index in [2.05, 4.69) is 35.7 Å². The Kier molecular flexibility index (Phi) is 12.2. The van der Waals surface area contributed by atoms with Gasteiger partial charge in [-0.2, -0.15) is 4.37 Å². The highest BCUT2D eigenvalue weighted by atomic mass is 32.1. The van der Waals surface area contributed by atoms with Crippen LogP contribution in [0.1, 0.15) is 104 Å². The van der Waals surface area contributed by atoms with Gasteiger partial charge in [0, 0.05) is 25.3 Å². The summed E-state index contributed by atoms with van der Waals surface area (Å²) >= 11 is 1.21. The van der Waals surface area contributed by atoms with Gasteiger partial charge in [-0.15, -0.1) is 4.37 Å². The second-order valence-electron chi connectivity index (χ2n) is 9.31. The molecule has 0 aliphatic carbocycles. The lowest BCUT2D eigenvalue weighted by atomic mass is 10.0. The molecule has 1 unspecified atom stereocenters. The molecule has 1 aromatic rings. The fourth-order valence-electron chi connectivity index (χ4n) is 4.14. The van der Waals surface area contributed by atoms with Crippen molar-refractivity contribution in [3.63, 3.8) is 0 Å². The molecule has 2 rings (SSSR count). The Bertz CT molecular complexity index is 706. The Hall–Kier alpha value is -1.47. The van der Waals surface area contributed by atoms with Crippen molar-refractivity contribution in [1.29, 1.82) is 0 Å². The van der Waals surface area contributed by atoms with Gasteiger partial charge < -0.3 is 9.47 Å². The van der Waals surface area contributed by atoms with Crippen molar-refractivity contribution >= 4 is 23.3 Å². The lowest BCUT2D eigenvalue weighted by molar-refractivity contribution is -0.944. The van der Waals surface area contributed by atoms with E-state index in [1.807, 2.05) is 6.92 Å². The van der Waals surface area contributed by atoms with Crippen LogP contribution in [-0.4, -0.2) is 52.2 Å². The Morgan fingerprint density at radius 3 is 2.50 bits per heavy atom. The van der Waals surface area contributed by atoms with Crippen LogP contribution >= 0.6 is 11.7 Å². The van der Waals surface area contributed by atoms with Crippen LogP contribution in [0.15, 0.2) is 6.08 Å². The standard InChI is InChI=1S/C25H44N3O3S/c1-5-7-9-11-12-13-17-23(29)31-21(3)28(4)18-15-16-22(20-28)24-25(27-32-26-24)30-19-14-10-8-6-2/h16,21H,5-15,17-20H2,1-4H3/q+1/t21-,28?/m0/s1. The third-order valence-corrected chi connectivity index (χ3v) is 6.99. The minimum atomic E-state index is -0.184. The van der Waals surface area contributed by atoms with E-state index in [0.29, 0.717) is 23.4 Å². The van der Waals surface area contributed by atoms with Crippen LogP contribution in [-0.2, 0) is 9.53 Å². The molecule has 182 valence electrons. The van der Waals surface area contributed by atoms with Crippen LogP contribution in [0.2, 0.25) is 0 Å². The van der Waals surface area contributed by atoms with Gasteiger partial charge in [-0.1, -0.05) is 71.3 Å². The summed E-state index contributed by atoms with van der Waals surface area (Å²) in [5.74, 6) is 0.578. The molecule has 0 amide bonds. The van der Waals surface area contributed by atoms with Gasteiger partial charge in [0.1, 0.15) is 12.2 Å². The van der Waals surface area contributed by atoms with E-state index < -0.39 is 0 Å². The maximum atomic E-state index is 12.4. The molecular formula is C25H44N3O3S+. The Morgan fingerprint density at radius 2 is 1.75 bits per heavy atom. The first-order chi connectivity index (χ1) is 15.5. The summed E-state index contributed by atoms with van der Waals surface area (Å²) in [5.41, 5.74) is 2.01. The number of rotatable bonds is 16. The summed E-state index contributed by atoms with van der Waals surface area (Å²) in [6.07, 6.45) is 15.2. The first kappa shape index (κ1) is 26.8. The summed E-state index contributed by atoms with van der Waals surface area (Å²) in [4.78, 5) is 12.4. The van der Waals surface area contributed by atoms with E-state index in [-0.39, 0.29) is 12.2 Å². The molecule has 0 N–H and O–H groups in total. The number of hydrogen-bond donors (Lipinski definition) is 0. The molecule has 0 spiro atoms. The zero-order valence-corrected chi connectivity index (χ0v) is 21.6. The predicted octanol–water partition coefficient (Wildman–Crippen LogP) is 6.37. The molecule has 0 fully saturated rings. The average molecular weight is 467 g/mol. The second-order valence-corrected chi connectivity index (χ2v) is 9.84. The number of hydrogen-bond acceptors (Lipinski definition) is 6. The third kappa shape index (κ3) is 8.81. The number of quaternary nitrogens is 1. The summed E-state index contributed by atoms with van der Waals surface area (Å²) < 4.78 is 21.4. The zero-order valence-electron chi connectivity index (χ0n) is 20.7. The first-order valence-electron chi connectivity index (χ1n) is 12.7. The Labute approximate surface area is 199 Å². The molecule has 1 aromatic heterocycles. The van der Waals surface area contributed by atoms with Crippen LogP contribution < -0.4 is 4.74 Å². The minimum absolute atomic E-state index is 0.0742. The molecular weight excluding hydrogens is 422 g/mol. The molecule has 0 aromatic carbocycles. The zero-order chi connectivity index (χ0) is 23.2. The quantitative estimate of drug-likeness (QED) is 0.161. The van der Waals surface area contributed by atoms with Gasteiger partial charge in [-0.05, 0) is 12.8 Å². The number of likely N-dealkylation sites (N-methyl/N-ethyl adjacent to an activating group) is 1. The Morgan fingerprint density at radius 1 is 1.06 bits per heavy atom. The normalized spacial score (nSPS) is 19.4. The minimum Gasteiger partial charge on any atom is -0.475 e. The number of aromatic nitrogens is 2. The molecule has 2 heterocycles. The van der Waals surface area contributed by atoms with Gasteiger partial charge in [0.05, 0.1) is 31.9 Å². The van der Waals surface area contributed by atoms with Crippen LogP contribution in [0.5, 0.6) is 5.88 Å². The van der Waals surface area contributed by atoms with E-state index in [1.54, 1.807) is 0 Å². The van der Waals surface area contributed by atoms with E-state index >= 15 is 0 Å². The van der Waals surface area contributed by atoms with Crippen LogP contribution in [0, 0.1) is 0 Å². The first-order valence-corrected chi connectivity index (χ1v) is 13.4. The fourth-order valence-corrected chi connectivity index (χ4v) is 4.67. The molecule has 0 bridgehead atoms. The van der Waals surface area contributed by atoms with Gasteiger partial charge in [0.15, 0.2) is 0 Å². The highest BCUT2D eigenvalue weighted by Crippen LogP contribution is 2.31. The van der Waals surface area contributed by atoms with E-state index in [4.69, 9.17) is 9.47 Å². The SMILES string of the molecule is CCCCCCCCC(=O)O[C@@H](C)[N+]1(C)CCC=C(c2nsnc2OCCCCCC)C1. The number of carbonyl (C=O) groups excluding carboxylic acids is 1. The number of esters is 1. The maximum absolute atomic E-state index is 12.4.